The monoisotopic (exact) mass is 136 g/mol. The number of hydrogen-bond acceptors (Lipinski definition) is 1. The van der Waals surface area contributed by atoms with Crippen LogP contribution in [-0.4, -0.2) is 19.1 Å². The number of ether oxygens (including phenoxy) is 1. The average molecular weight is 136 g/mol. The molecule has 1 aliphatic heterocycles. The van der Waals surface area contributed by atoms with E-state index in [1.165, 1.54) is 0 Å². The van der Waals surface area contributed by atoms with Crippen molar-refractivity contribution in [2.24, 2.45) is 0 Å². The Morgan fingerprint density at radius 3 is 2.78 bits per heavy atom. The number of halogens is 2. The van der Waals surface area contributed by atoms with Gasteiger partial charge in [-0.2, -0.15) is 0 Å². The van der Waals surface area contributed by atoms with Crippen LogP contribution in [0.25, 0.3) is 0 Å². The summed E-state index contributed by atoms with van der Waals surface area (Å²) in [6.45, 7) is 0.664. The second-order valence-electron chi connectivity index (χ2n) is 2.26. The minimum Gasteiger partial charge on any atom is -0.378 e. The molecule has 3 heteroatoms. The van der Waals surface area contributed by atoms with Crippen LogP contribution in [-0.2, 0) is 4.74 Å². The van der Waals surface area contributed by atoms with Crippen molar-refractivity contribution < 1.29 is 13.5 Å². The molecule has 9 heavy (non-hydrogen) atoms. The van der Waals surface area contributed by atoms with E-state index in [0.717, 1.165) is 12.8 Å². The van der Waals surface area contributed by atoms with E-state index in [9.17, 15) is 8.78 Å². The van der Waals surface area contributed by atoms with Gasteiger partial charge < -0.3 is 4.74 Å². The van der Waals surface area contributed by atoms with E-state index in [-0.39, 0.29) is 12.5 Å². The largest absolute Gasteiger partial charge is 0.378 e. The Balaban J connectivity index is 2.11. The van der Waals surface area contributed by atoms with Crippen molar-refractivity contribution in [3.05, 3.63) is 0 Å². The summed E-state index contributed by atoms with van der Waals surface area (Å²) in [6, 6.07) is 0. The summed E-state index contributed by atoms with van der Waals surface area (Å²) < 4.78 is 28.2. The first-order valence-electron chi connectivity index (χ1n) is 3.19. The van der Waals surface area contributed by atoms with Crippen LogP contribution in [0.1, 0.15) is 19.3 Å². The van der Waals surface area contributed by atoms with Gasteiger partial charge in [-0.1, -0.05) is 0 Å². The van der Waals surface area contributed by atoms with Crippen molar-refractivity contribution in [3.8, 4) is 0 Å². The maximum Gasteiger partial charge on any atom is 0.241 e. The first-order valence-corrected chi connectivity index (χ1v) is 3.19. The van der Waals surface area contributed by atoms with Crippen LogP contribution in [0, 0.1) is 0 Å². The van der Waals surface area contributed by atoms with Gasteiger partial charge in [0.25, 0.3) is 0 Å². The third-order valence-electron chi connectivity index (χ3n) is 1.47. The van der Waals surface area contributed by atoms with Gasteiger partial charge in [0, 0.05) is 13.0 Å². The summed E-state index contributed by atoms with van der Waals surface area (Å²) in [7, 11) is 0. The zero-order valence-corrected chi connectivity index (χ0v) is 5.15. The Kier molecular flexibility index (Phi) is 2.39. The lowest BCUT2D eigenvalue weighted by molar-refractivity contribution is 0.0396. The van der Waals surface area contributed by atoms with Gasteiger partial charge in [0.2, 0.25) is 6.43 Å². The Hall–Kier alpha value is -0.180. The van der Waals surface area contributed by atoms with Gasteiger partial charge in [0.15, 0.2) is 0 Å². The smallest absolute Gasteiger partial charge is 0.241 e. The van der Waals surface area contributed by atoms with Gasteiger partial charge in [-0.15, -0.1) is 0 Å². The molecule has 0 bridgehead atoms. The van der Waals surface area contributed by atoms with Crippen LogP contribution < -0.4 is 0 Å². The molecule has 0 aliphatic carbocycles. The van der Waals surface area contributed by atoms with Crippen molar-refractivity contribution in [2.45, 2.75) is 31.8 Å². The van der Waals surface area contributed by atoms with Gasteiger partial charge in [-0.3, -0.25) is 0 Å². The predicted molar refractivity (Wildman–Crippen MR) is 29.6 cm³/mol. The standard InChI is InChI=1S/C6H10F2O/c7-6(8)4-5-2-1-3-9-5/h5-6H,1-4H2. The third-order valence-corrected chi connectivity index (χ3v) is 1.47. The molecule has 1 fully saturated rings. The van der Waals surface area contributed by atoms with Crippen LogP contribution in [0.15, 0.2) is 0 Å². The van der Waals surface area contributed by atoms with E-state index in [0.29, 0.717) is 6.61 Å². The highest BCUT2D eigenvalue weighted by Gasteiger charge is 2.19. The first-order chi connectivity index (χ1) is 4.29. The summed E-state index contributed by atoms with van der Waals surface area (Å²) in [5, 5.41) is 0. The molecule has 1 rings (SSSR count). The Labute approximate surface area is 53.0 Å². The van der Waals surface area contributed by atoms with Crippen LogP contribution in [0.2, 0.25) is 0 Å². The zero-order valence-electron chi connectivity index (χ0n) is 5.15. The second kappa shape index (κ2) is 3.11. The van der Waals surface area contributed by atoms with Gasteiger partial charge in [-0.25, -0.2) is 8.78 Å². The van der Waals surface area contributed by atoms with Gasteiger partial charge in [-0.05, 0) is 12.8 Å². The number of hydrogen-bond donors (Lipinski definition) is 0. The molecule has 1 unspecified atom stereocenters. The molecule has 1 nitrogen and oxygen atoms in total. The normalized spacial score (nSPS) is 27.7. The van der Waals surface area contributed by atoms with Crippen LogP contribution in [0.4, 0.5) is 8.78 Å². The molecule has 0 N–H and O–H groups in total. The molecule has 1 aliphatic rings. The van der Waals surface area contributed by atoms with Crippen LogP contribution in [0.3, 0.4) is 0 Å². The zero-order chi connectivity index (χ0) is 6.69. The maximum absolute atomic E-state index is 11.6. The van der Waals surface area contributed by atoms with Gasteiger partial charge >= 0.3 is 0 Å². The van der Waals surface area contributed by atoms with Crippen LogP contribution in [0.5, 0.6) is 0 Å². The molecular weight excluding hydrogens is 126 g/mol. The number of alkyl halides is 2. The average Bonchev–Trinajstić information content (AvgIpc) is 2.15. The molecule has 0 aromatic heterocycles. The summed E-state index contributed by atoms with van der Waals surface area (Å²) >= 11 is 0. The minimum atomic E-state index is -2.20. The predicted octanol–water partition coefficient (Wildman–Crippen LogP) is 1.82. The van der Waals surface area contributed by atoms with Crippen molar-refractivity contribution in [2.75, 3.05) is 6.61 Å². The number of rotatable bonds is 2. The van der Waals surface area contributed by atoms with E-state index in [2.05, 4.69) is 0 Å². The van der Waals surface area contributed by atoms with Gasteiger partial charge in [0.1, 0.15) is 0 Å². The Bertz CT molecular complexity index is 79.1. The fourth-order valence-corrected chi connectivity index (χ4v) is 1.03. The lowest BCUT2D eigenvalue weighted by Gasteiger charge is -2.06. The summed E-state index contributed by atoms with van der Waals surface area (Å²) in [6.07, 6.45) is -0.694. The van der Waals surface area contributed by atoms with Crippen LogP contribution >= 0.6 is 0 Å². The SMILES string of the molecule is FC(F)CC1CCCO1. The highest BCUT2D eigenvalue weighted by atomic mass is 19.3. The second-order valence-corrected chi connectivity index (χ2v) is 2.26. The minimum absolute atomic E-state index is 0.0833. The van der Waals surface area contributed by atoms with Crippen molar-refractivity contribution >= 4 is 0 Å². The van der Waals surface area contributed by atoms with Crippen molar-refractivity contribution in [1.82, 2.24) is 0 Å². The fourth-order valence-electron chi connectivity index (χ4n) is 1.03. The van der Waals surface area contributed by atoms with E-state index < -0.39 is 6.43 Å². The van der Waals surface area contributed by atoms with E-state index in [4.69, 9.17) is 4.74 Å². The molecule has 0 spiro atoms. The quantitative estimate of drug-likeness (QED) is 0.562. The van der Waals surface area contributed by atoms with Gasteiger partial charge in [0.05, 0.1) is 6.10 Å². The molecule has 54 valence electrons. The van der Waals surface area contributed by atoms with E-state index >= 15 is 0 Å². The lowest BCUT2D eigenvalue weighted by Crippen LogP contribution is -2.09. The molecule has 0 aromatic carbocycles. The van der Waals surface area contributed by atoms with Crippen molar-refractivity contribution in [3.63, 3.8) is 0 Å². The molecule has 0 radical (unpaired) electrons. The Morgan fingerprint density at radius 1 is 1.56 bits per heavy atom. The molecule has 0 amide bonds. The maximum atomic E-state index is 11.6. The summed E-state index contributed by atoms with van der Waals surface area (Å²) in [5.41, 5.74) is 0. The molecule has 1 heterocycles. The topological polar surface area (TPSA) is 9.23 Å². The summed E-state index contributed by atoms with van der Waals surface area (Å²) in [4.78, 5) is 0. The fraction of sp³-hybridized carbons (Fsp3) is 1.00. The molecule has 1 atom stereocenters. The first kappa shape index (κ1) is 6.93. The molecule has 1 saturated heterocycles. The van der Waals surface area contributed by atoms with E-state index in [1.807, 2.05) is 0 Å². The Morgan fingerprint density at radius 2 is 2.33 bits per heavy atom. The van der Waals surface area contributed by atoms with E-state index in [1.54, 1.807) is 0 Å². The highest BCUT2D eigenvalue weighted by molar-refractivity contribution is 4.65. The summed E-state index contributed by atoms with van der Waals surface area (Å²) in [5.74, 6) is 0. The lowest BCUT2D eigenvalue weighted by atomic mass is 10.2. The highest BCUT2D eigenvalue weighted by Crippen LogP contribution is 2.18. The molecule has 0 aromatic rings. The third kappa shape index (κ3) is 2.26. The van der Waals surface area contributed by atoms with Crippen molar-refractivity contribution in [1.29, 1.82) is 0 Å². The molecule has 0 saturated carbocycles. The molecular formula is C6H10F2O.